The Morgan fingerprint density at radius 3 is 1.49 bits per heavy atom. The molecule has 0 saturated heterocycles. The predicted molar refractivity (Wildman–Crippen MR) is 427 cm³/mol. The van der Waals surface area contributed by atoms with E-state index in [2.05, 4.69) is 379 Å². The molecule has 0 unspecified atom stereocenters. The fraction of sp³-hybridized carbons (Fsp3) is 0. The van der Waals surface area contributed by atoms with Gasteiger partial charge in [-0.3, -0.25) is 4.98 Å². The van der Waals surface area contributed by atoms with Gasteiger partial charge in [0.2, 0.25) is 5.89 Å². The van der Waals surface area contributed by atoms with Crippen LogP contribution in [0.3, 0.4) is 0 Å². The first-order chi connectivity index (χ1) is 51.1. The Hall–Kier alpha value is -13.7. The summed E-state index contributed by atoms with van der Waals surface area (Å²) in [5.41, 5.74) is 30.0. The molecule has 0 atom stereocenters. The molecule has 103 heavy (non-hydrogen) atoms. The zero-order chi connectivity index (χ0) is 67.6. The van der Waals surface area contributed by atoms with Crippen LogP contribution in [0.1, 0.15) is 0 Å². The van der Waals surface area contributed by atoms with Crippen molar-refractivity contribution in [2.45, 2.75) is 0 Å². The molecule has 0 saturated carbocycles. The molecular formula is C91H59B2N9O. The van der Waals surface area contributed by atoms with Crippen molar-refractivity contribution in [1.29, 1.82) is 0 Å². The maximum atomic E-state index is 6.64. The first-order valence-corrected chi connectivity index (χ1v) is 35.0. The van der Waals surface area contributed by atoms with Crippen molar-refractivity contribution in [3.05, 3.63) is 358 Å². The van der Waals surface area contributed by atoms with Crippen LogP contribution in [0.25, 0.3) is 105 Å². The second kappa shape index (κ2) is 23.5. The number of pyridine rings is 2. The van der Waals surface area contributed by atoms with E-state index in [1.165, 1.54) is 72.4 Å². The van der Waals surface area contributed by atoms with Crippen LogP contribution in [-0.2, 0) is 0 Å². The van der Waals surface area contributed by atoms with Gasteiger partial charge >= 0.3 is 14.0 Å². The average Bonchev–Trinajstić information content (AvgIpc) is 1.63. The number of aromatic nitrogens is 4. The van der Waals surface area contributed by atoms with Crippen LogP contribution in [0.5, 0.6) is 0 Å². The zero-order valence-corrected chi connectivity index (χ0v) is 55.7. The molecule has 4 aromatic heterocycles. The van der Waals surface area contributed by atoms with Crippen LogP contribution in [-0.4, -0.2) is 33.5 Å². The van der Waals surface area contributed by atoms with Gasteiger partial charge in [-0.2, -0.15) is 0 Å². The van der Waals surface area contributed by atoms with E-state index in [4.69, 9.17) is 14.4 Å². The summed E-state index contributed by atoms with van der Waals surface area (Å²) in [5, 5.41) is 4.61. The van der Waals surface area contributed by atoms with Crippen molar-refractivity contribution in [3.63, 3.8) is 0 Å². The Bertz CT molecular complexity index is 6380. The summed E-state index contributed by atoms with van der Waals surface area (Å²) in [7, 11) is 0. The van der Waals surface area contributed by atoms with Gasteiger partial charge in [0.05, 0.1) is 50.5 Å². The highest BCUT2D eigenvalue weighted by Gasteiger charge is 2.49. The highest BCUT2D eigenvalue weighted by molar-refractivity contribution is 6.87. The van der Waals surface area contributed by atoms with Gasteiger partial charge in [0.1, 0.15) is 5.52 Å². The van der Waals surface area contributed by atoms with Gasteiger partial charge in [0, 0.05) is 102 Å². The molecule has 8 heterocycles. The lowest BCUT2D eigenvalue weighted by Crippen LogP contribution is -2.55. The largest absolute Gasteiger partial charge is 0.436 e. The molecule has 0 spiro atoms. The molecule has 12 heteroatoms. The number of hydrogen-bond acceptors (Lipinski definition) is 9. The molecule has 22 rings (SSSR count). The molecule has 0 bridgehead atoms. The number of fused-ring (bicyclic) bond motifs is 23. The second-order valence-electron chi connectivity index (χ2n) is 26.7. The Balaban J connectivity index is 0.000000145. The van der Waals surface area contributed by atoms with E-state index in [-0.39, 0.29) is 14.0 Å². The zero-order valence-electron chi connectivity index (χ0n) is 55.7. The maximum Gasteiger partial charge on any atom is 0.421 e. The van der Waals surface area contributed by atoms with Crippen molar-refractivity contribution in [1.82, 2.24) is 19.5 Å². The van der Waals surface area contributed by atoms with Gasteiger partial charge in [-0.1, -0.05) is 206 Å². The van der Waals surface area contributed by atoms with Gasteiger partial charge in [-0.05, 0) is 162 Å². The Kier molecular flexibility index (Phi) is 13.3. The molecule has 0 amide bonds. The number of nitrogens with zero attached hydrogens (tertiary/aromatic N) is 9. The van der Waals surface area contributed by atoms with Crippen molar-refractivity contribution >= 4 is 142 Å². The van der Waals surface area contributed by atoms with E-state index in [1.807, 2.05) is 12.3 Å². The highest BCUT2D eigenvalue weighted by atomic mass is 16.3. The summed E-state index contributed by atoms with van der Waals surface area (Å²) in [6.07, 6.45) is 1.84. The van der Waals surface area contributed by atoms with Crippen LogP contribution < -0.4 is 35.1 Å². The second-order valence-corrected chi connectivity index (χ2v) is 26.7. The van der Waals surface area contributed by atoms with E-state index < -0.39 is 0 Å². The summed E-state index contributed by atoms with van der Waals surface area (Å²) >= 11 is 0. The SMILES string of the molecule is c1cc(-c2ccc3ccc4cccnc4c3n2)cc(N2B3c4ccccc4-c4ccccc4N3c3ccccc32)c1.c1ccc(N(c2ccccc2)c2ccc3c4ccccc4n(-c4ccc(-c5nc6ccc(N7B8c9ccccc9-c9ccccc9N8c8ccccc87)cc6o5)cc4)c3c2)cc1. The molecule has 4 aliphatic rings. The molecule has 4 aliphatic heterocycles. The summed E-state index contributed by atoms with van der Waals surface area (Å²) in [5.74, 6) is 0.593. The quantitative estimate of drug-likeness (QED) is 0.109. The summed E-state index contributed by atoms with van der Waals surface area (Å²) < 4.78 is 9.00. The fourth-order valence-electron chi connectivity index (χ4n) is 16.5. The molecule has 14 aromatic carbocycles. The fourth-order valence-corrected chi connectivity index (χ4v) is 16.5. The Morgan fingerprint density at radius 2 is 0.835 bits per heavy atom. The smallest absolute Gasteiger partial charge is 0.421 e. The first-order valence-electron chi connectivity index (χ1n) is 35.0. The summed E-state index contributed by atoms with van der Waals surface area (Å²) in [6.45, 7) is -0.0472. The lowest BCUT2D eigenvalue weighted by atomic mass is 9.59. The Morgan fingerprint density at radius 1 is 0.311 bits per heavy atom. The first kappa shape index (κ1) is 58.3. The molecule has 18 aromatic rings. The highest BCUT2D eigenvalue weighted by Crippen LogP contribution is 2.54. The molecule has 0 N–H and O–H groups in total. The number of para-hydroxylation sites is 9. The van der Waals surface area contributed by atoms with Crippen LogP contribution in [0.15, 0.2) is 362 Å². The normalized spacial score (nSPS) is 12.9. The van der Waals surface area contributed by atoms with Gasteiger partial charge in [-0.15, -0.1) is 0 Å². The van der Waals surface area contributed by atoms with Gasteiger partial charge in [0.15, 0.2) is 5.58 Å². The maximum absolute atomic E-state index is 6.64. The summed E-state index contributed by atoms with van der Waals surface area (Å²) in [6, 6.07) is 125. The molecule has 10 nitrogen and oxygen atoms in total. The van der Waals surface area contributed by atoms with Gasteiger partial charge in [0.25, 0.3) is 0 Å². The van der Waals surface area contributed by atoms with E-state index >= 15 is 0 Å². The van der Waals surface area contributed by atoms with Crippen molar-refractivity contribution in [2.24, 2.45) is 0 Å². The molecular weight excluding hydrogens is 1260 g/mol. The number of anilines is 11. The van der Waals surface area contributed by atoms with Crippen LogP contribution in [0.4, 0.5) is 62.6 Å². The van der Waals surface area contributed by atoms with E-state index in [1.54, 1.807) is 0 Å². The number of benzene rings is 14. The Labute approximate surface area is 595 Å². The standard InChI is InChI=1S/C55H36BN5O.C36H23BN4/c1-3-15-38(16-4-1)58(39-17-5-2-6-18-39)41-31-33-46-45-21-8-11-23-49(45)59(53(46)35-41)40-29-27-37(28-30-40)55-57-48-34-32-42(36-54(48)62-55)60-51-25-13-14-26-52(51)61-50-24-12-9-20-44(50)43-19-7-10-22-47(43)56(60)61;1-3-14-30-28(12-1)29-13-2-4-15-32(29)41-34-17-6-5-16-33(34)40(37(30)41)27-11-7-9-26(23-27)31-21-20-25-19-18-24-10-8-22-38-35(24)36(25)39-31/h1-36H;1-23H. The van der Waals surface area contributed by atoms with E-state index in [0.29, 0.717) is 5.89 Å². The third kappa shape index (κ3) is 9.27. The minimum Gasteiger partial charge on any atom is -0.436 e. The van der Waals surface area contributed by atoms with E-state index in [9.17, 15) is 0 Å². The van der Waals surface area contributed by atoms with Gasteiger partial charge in [-0.25, -0.2) is 9.97 Å². The lowest BCUT2D eigenvalue weighted by Gasteiger charge is -2.36. The molecule has 480 valence electrons. The minimum atomic E-state index is -0.0532. The third-order valence-electron chi connectivity index (χ3n) is 21.0. The predicted octanol–water partition coefficient (Wildman–Crippen LogP) is 21.8. The average molecular weight is 1320 g/mol. The van der Waals surface area contributed by atoms with Crippen LogP contribution in [0.2, 0.25) is 0 Å². The summed E-state index contributed by atoms with van der Waals surface area (Å²) in [4.78, 5) is 27.0. The van der Waals surface area contributed by atoms with Crippen LogP contribution >= 0.6 is 0 Å². The number of oxazole rings is 1. The van der Waals surface area contributed by atoms with Crippen molar-refractivity contribution in [2.75, 3.05) is 24.1 Å². The topological polar surface area (TPSA) is 72.9 Å². The number of hydrogen-bond donors (Lipinski definition) is 0. The van der Waals surface area contributed by atoms with Gasteiger partial charge < -0.3 is 33.1 Å². The number of rotatable bonds is 8. The molecule has 0 fully saturated rings. The molecule has 0 aliphatic carbocycles. The van der Waals surface area contributed by atoms with E-state index in [0.717, 1.165) is 101 Å². The lowest BCUT2D eigenvalue weighted by molar-refractivity contribution is 0.620. The van der Waals surface area contributed by atoms with Crippen molar-refractivity contribution in [3.8, 4) is 50.7 Å². The van der Waals surface area contributed by atoms with Crippen LogP contribution in [0, 0.1) is 0 Å². The van der Waals surface area contributed by atoms with Crippen molar-refractivity contribution < 1.29 is 4.42 Å². The molecule has 0 radical (unpaired) electrons. The third-order valence-corrected chi connectivity index (χ3v) is 21.0. The minimum absolute atomic E-state index is 0.00598. The monoisotopic (exact) mass is 1320 g/mol.